The number of hydrogen-bond donors (Lipinski definition) is 0. The van der Waals surface area contributed by atoms with Crippen molar-refractivity contribution in [2.24, 2.45) is 7.05 Å². The highest BCUT2D eigenvalue weighted by molar-refractivity contribution is 9.10. The van der Waals surface area contributed by atoms with Crippen LogP contribution in [0, 0.1) is 6.92 Å². The average molecular weight is 203 g/mol. The van der Waals surface area contributed by atoms with Gasteiger partial charge in [-0.3, -0.25) is 4.79 Å². The maximum absolute atomic E-state index is 10.3. The molecule has 0 amide bonds. The molecule has 1 aromatic heterocycles. The van der Waals surface area contributed by atoms with Crippen molar-refractivity contribution in [2.75, 3.05) is 0 Å². The molecule has 10 heavy (non-hydrogen) atoms. The second-order valence-electron chi connectivity index (χ2n) is 2.03. The topological polar surface area (TPSA) is 34.9 Å². The molecular weight excluding hydrogens is 196 g/mol. The van der Waals surface area contributed by atoms with Crippen molar-refractivity contribution in [3.05, 3.63) is 16.1 Å². The van der Waals surface area contributed by atoms with Crippen LogP contribution in [0.5, 0.6) is 0 Å². The van der Waals surface area contributed by atoms with E-state index in [1.807, 2.05) is 18.5 Å². The summed E-state index contributed by atoms with van der Waals surface area (Å²) < 4.78 is 2.50. The number of carbonyl (C=O) groups excluding carboxylic acids is 1. The summed E-state index contributed by atoms with van der Waals surface area (Å²) in [4.78, 5) is 14.2. The quantitative estimate of drug-likeness (QED) is 0.644. The van der Waals surface area contributed by atoms with Crippen LogP contribution in [0.4, 0.5) is 0 Å². The van der Waals surface area contributed by atoms with Crippen molar-refractivity contribution in [3.8, 4) is 0 Å². The number of aldehydes is 1. The average Bonchev–Trinajstić information content (AvgIpc) is 2.17. The van der Waals surface area contributed by atoms with Gasteiger partial charge in [-0.1, -0.05) is 0 Å². The highest BCUT2D eigenvalue weighted by Crippen LogP contribution is 2.11. The second-order valence-corrected chi connectivity index (χ2v) is 2.74. The zero-order chi connectivity index (χ0) is 7.72. The van der Waals surface area contributed by atoms with E-state index in [1.54, 1.807) is 0 Å². The minimum atomic E-state index is 0.495. The molecule has 54 valence electrons. The summed E-state index contributed by atoms with van der Waals surface area (Å²) in [6, 6.07) is 0. The molecule has 0 N–H and O–H groups in total. The fourth-order valence-corrected chi connectivity index (χ4v) is 1.13. The molecule has 1 heterocycles. The van der Waals surface area contributed by atoms with Crippen molar-refractivity contribution < 1.29 is 4.79 Å². The molecule has 0 aliphatic carbocycles. The molecule has 3 nitrogen and oxygen atoms in total. The highest BCUT2D eigenvalue weighted by Gasteiger charge is 2.06. The van der Waals surface area contributed by atoms with Crippen molar-refractivity contribution in [2.45, 2.75) is 6.92 Å². The maximum atomic E-state index is 10.3. The lowest BCUT2D eigenvalue weighted by molar-refractivity contribution is 0.111. The largest absolute Gasteiger partial charge is 0.325 e. The van der Waals surface area contributed by atoms with Crippen LogP contribution >= 0.6 is 15.9 Å². The number of halogens is 1. The van der Waals surface area contributed by atoms with E-state index in [2.05, 4.69) is 20.9 Å². The molecule has 0 aliphatic heterocycles. The minimum Gasteiger partial charge on any atom is -0.325 e. The van der Waals surface area contributed by atoms with Gasteiger partial charge in [-0.15, -0.1) is 0 Å². The normalized spacial score (nSPS) is 9.90. The first-order valence-electron chi connectivity index (χ1n) is 2.81. The third-order valence-electron chi connectivity index (χ3n) is 1.47. The van der Waals surface area contributed by atoms with Crippen LogP contribution in [0.3, 0.4) is 0 Å². The highest BCUT2D eigenvalue weighted by atomic mass is 79.9. The number of carbonyl (C=O) groups is 1. The van der Waals surface area contributed by atoms with E-state index in [9.17, 15) is 4.79 Å². The predicted octanol–water partition coefficient (Wildman–Crippen LogP) is 1.30. The molecule has 0 unspecified atom stereocenters. The zero-order valence-electron chi connectivity index (χ0n) is 5.76. The van der Waals surface area contributed by atoms with E-state index in [1.165, 1.54) is 0 Å². The van der Waals surface area contributed by atoms with Gasteiger partial charge in [0.15, 0.2) is 11.0 Å². The SMILES string of the molecule is Cc1c(C=O)nc(Br)n1C. The Labute approximate surface area is 67.2 Å². The van der Waals surface area contributed by atoms with Crippen LogP contribution in [0.25, 0.3) is 0 Å². The van der Waals surface area contributed by atoms with Gasteiger partial charge in [0.2, 0.25) is 0 Å². The van der Waals surface area contributed by atoms with Gasteiger partial charge in [0.1, 0.15) is 5.69 Å². The molecule has 0 aliphatic rings. The number of nitrogens with zero attached hydrogens (tertiary/aromatic N) is 2. The molecule has 0 bridgehead atoms. The lowest BCUT2D eigenvalue weighted by atomic mass is 10.4. The van der Waals surface area contributed by atoms with Gasteiger partial charge < -0.3 is 4.57 Å². The van der Waals surface area contributed by atoms with Gasteiger partial charge in [0, 0.05) is 12.7 Å². The van der Waals surface area contributed by atoms with E-state index < -0.39 is 0 Å². The van der Waals surface area contributed by atoms with Gasteiger partial charge >= 0.3 is 0 Å². The Morgan fingerprint density at radius 3 is 2.50 bits per heavy atom. The van der Waals surface area contributed by atoms with Crippen LogP contribution in [-0.4, -0.2) is 15.8 Å². The first-order chi connectivity index (χ1) is 4.66. The predicted molar refractivity (Wildman–Crippen MR) is 41.0 cm³/mol. The van der Waals surface area contributed by atoms with Crippen molar-refractivity contribution in [3.63, 3.8) is 0 Å². The minimum absolute atomic E-state index is 0.495. The Morgan fingerprint density at radius 2 is 2.30 bits per heavy atom. The number of aromatic nitrogens is 2. The van der Waals surface area contributed by atoms with E-state index >= 15 is 0 Å². The summed E-state index contributed by atoms with van der Waals surface area (Å²) in [7, 11) is 1.85. The Kier molecular flexibility index (Phi) is 1.89. The maximum Gasteiger partial charge on any atom is 0.177 e. The second kappa shape index (κ2) is 2.54. The molecule has 0 aromatic carbocycles. The van der Waals surface area contributed by atoms with E-state index in [0.717, 1.165) is 12.0 Å². The smallest absolute Gasteiger partial charge is 0.177 e. The van der Waals surface area contributed by atoms with E-state index in [-0.39, 0.29) is 0 Å². The molecule has 4 heteroatoms. The lowest BCUT2D eigenvalue weighted by Crippen LogP contribution is -1.91. The fraction of sp³-hybridized carbons (Fsp3) is 0.333. The summed E-state index contributed by atoms with van der Waals surface area (Å²) >= 11 is 3.20. The first kappa shape index (κ1) is 7.47. The summed E-state index contributed by atoms with van der Waals surface area (Å²) in [6.45, 7) is 1.85. The summed E-state index contributed by atoms with van der Waals surface area (Å²) in [5, 5.41) is 0. The molecule has 0 spiro atoms. The lowest BCUT2D eigenvalue weighted by Gasteiger charge is -1.93. The molecular formula is C6H7BrN2O. The molecule has 0 radical (unpaired) electrons. The van der Waals surface area contributed by atoms with Gasteiger partial charge in [-0.05, 0) is 22.9 Å². The fourth-order valence-electron chi connectivity index (χ4n) is 0.677. The Morgan fingerprint density at radius 1 is 1.70 bits per heavy atom. The van der Waals surface area contributed by atoms with Crippen LogP contribution in [0.2, 0.25) is 0 Å². The van der Waals surface area contributed by atoms with Gasteiger partial charge in [-0.2, -0.15) is 0 Å². The monoisotopic (exact) mass is 202 g/mol. The Balaban J connectivity index is 3.30. The first-order valence-corrected chi connectivity index (χ1v) is 3.60. The number of imidazole rings is 1. The van der Waals surface area contributed by atoms with Gasteiger partial charge in [0.05, 0.1) is 0 Å². The summed E-state index contributed by atoms with van der Waals surface area (Å²) in [6.07, 6.45) is 0.750. The zero-order valence-corrected chi connectivity index (χ0v) is 7.34. The van der Waals surface area contributed by atoms with E-state index in [4.69, 9.17) is 0 Å². The molecule has 0 fully saturated rings. The molecule has 1 aromatic rings. The third-order valence-corrected chi connectivity index (χ3v) is 2.18. The number of hydrogen-bond acceptors (Lipinski definition) is 2. The van der Waals surface area contributed by atoms with Crippen molar-refractivity contribution in [1.82, 2.24) is 9.55 Å². The van der Waals surface area contributed by atoms with E-state index in [0.29, 0.717) is 10.4 Å². The third kappa shape index (κ3) is 0.988. The molecule has 0 atom stereocenters. The van der Waals surface area contributed by atoms with Crippen LogP contribution in [-0.2, 0) is 7.05 Å². The van der Waals surface area contributed by atoms with Gasteiger partial charge in [0.25, 0.3) is 0 Å². The molecule has 0 saturated carbocycles. The Bertz CT molecular complexity index is 267. The summed E-state index contributed by atoms with van der Waals surface area (Å²) in [5.74, 6) is 0. The van der Waals surface area contributed by atoms with Crippen LogP contribution in [0.1, 0.15) is 16.2 Å². The van der Waals surface area contributed by atoms with Crippen LogP contribution in [0.15, 0.2) is 4.73 Å². The van der Waals surface area contributed by atoms with Gasteiger partial charge in [-0.25, -0.2) is 4.98 Å². The molecule has 1 rings (SSSR count). The van der Waals surface area contributed by atoms with Crippen molar-refractivity contribution >= 4 is 22.2 Å². The van der Waals surface area contributed by atoms with Crippen LogP contribution < -0.4 is 0 Å². The summed E-state index contributed by atoms with van der Waals surface area (Å²) in [5.41, 5.74) is 1.37. The standard InChI is InChI=1S/C6H7BrN2O/c1-4-5(3-10)8-6(7)9(4)2/h3H,1-2H3. The number of rotatable bonds is 1. The van der Waals surface area contributed by atoms with Crippen molar-refractivity contribution in [1.29, 1.82) is 0 Å². The molecule has 0 saturated heterocycles. The Hall–Kier alpha value is -0.640.